The van der Waals surface area contributed by atoms with E-state index in [4.69, 9.17) is 9.52 Å². The molecule has 0 radical (unpaired) electrons. The largest absolute Gasteiger partial charge is 0.478 e. The zero-order valence-corrected chi connectivity index (χ0v) is 12.3. The van der Waals surface area contributed by atoms with E-state index in [2.05, 4.69) is 5.32 Å². The molecule has 0 aliphatic carbocycles. The van der Waals surface area contributed by atoms with Gasteiger partial charge in [0.15, 0.2) is 5.76 Å². The summed E-state index contributed by atoms with van der Waals surface area (Å²) in [5, 5.41) is 11.5. The maximum Gasteiger partial charge on any atom is 0.339 e. The smallest absolute Gasteiger partial charge is 0.339 e. The summed E-state index contributed by atoms with van der Waals surface area (Å²) in [5.41, 5.74) is 0.795. The van der Waals surface area contributed by atoms with E-state index in [-0.39, 0.29) is 22.8 Å². The third kappa shape index (κ3) is 3.16. The van der Waals surface area contributed by atoms with Crippen molar-refractivity contribution in [2.24, 2.45) is 0 Å². The van der Waals surface area contributed by atoms with E-state index >= 15 is 0 Å². The number of furan rings is 1. The van der Waals surface area contributed by atoms with Crippen molar-refractivity contribution in [1.82, 2.24) is 0 Å². The number of amides is 1. The lowest BCUT2D eigenvalue weighted by molar-refractivity contribution is 0.0694. The van der Waals surface area contributed by atoms with Gasteiger partial charge in [-0.25, -0.2) is 9.18 Å². The molecule has 0 aliphatic rings. The molecule has 116 valence electrons. The molecule has 1 heterocycles. The van der Waals surface area contributed by atoms with Gasteiger partial charge in [-0.1, -0.05) is 19.9 Å². The monoisotopic (exact) mass is 305 g/mol. The number of carbonyl (C=O) groups is 2. The molecule has 2 N–H and O–H groups in total. The molecule has 6 heteroatoms. The number of nitrogens with one attached hydrogen (secondary N) is 1. The molecule has 0 aliphatic heterocycles. The number of aryl methyl sites for hydroxylation is 2. The molecule has 5 nitrogen and oxygen atoms in total. The van der Waals surface area contributed by atoms with Gasteiger partial charge >= 0.3 is 5.97 Å². The van der Waals surface area contributed by atoms with Crippen molar-refractivity contribution in [3.05, 3.63) is 52.7 Å². The van der Waals surface area contributed by atoms with Crippen molar-refractivity contribution < 1.29 is 23.5 Å². The second-order valence-electron chi connectivity index (χ2n) is 4.72. The molecule has 2 aromatic rings. The van der Waals surface area contributed by atoms with Crippen molar-refractivity contribution in [2.45, 2.75) is 26.7 Å². The SMILES string of the molecule is CCc1ccc(NC(=O)c2cc(C(=O)O)c(CC)o2)cc1F. The van der Waals surface area contributed by atoms with Crippen molar-refractivity contribution in [1.29, 1.82) is 0 Å². The molecular weight excluding hydrogens is 289 g/mol. The maximum absolute atomic E-state index is 13.7. The van der Waals surface area contributed by atoms with Crippen LogP contribution in [0.1, 0.15) is 46.1 Å². The summed E-state index contributed by atoms with van der Waals surface area (Å²) in [6.45, 7) is 3.56. The third-order valence-corrected chi connectivity index (χ3v) is 3.28. The lowest BCUT2D eigenvalue weighted by Gasteiger charge is -2.05. The Bertz CT molecular complexity index is 721. The molecule has 1 aromatic carbocycles. The highest BCUT2D eigenvalue weighted by molar-refractivity contribution is 6.04. The quantitative estimate of drug-likeness (QED) is 0.886. The number of benzene rings is 1. The summed E-state index contributed by atoms with van der Waals surface area (Å²) in [4.78, 5) is 23.1. The third-order valence-electron chi connectivity index (χ3n) is 3.28. The minimum Gasteiger partial charge on any atom is -0.478 e. The highest BCUT2D eigenvalue weighted by Crippen LogP contribution is 2.19. The molecule has 0 saturated heterocycles. The van der Waals surface area contributed by atoms with Crippen LogP contribution in [0.4, 0.5) is 10.1 Å². The van der Waals surface area contributed by atoms with Gasteiger partial charge in [-0.05, 0) is 24.1 Å². The van der Waals surface area contributed by atoms with E-state index in [1.165, 1.54) is 12.1 Å². The summed E-state index contributed by atoms with van der Waals surface area (Å²) >= 11 is 0. The van der Waals surface area contributed by atoms with Crippen LogP contribution in [-0.2, 0) is 12.8 Å². The fraction of sp³-hybridized carbons (Fsp3) is 0.250. The van der Waals surface area contributed by atoms with Crippen LogP contribution in [0.25, 0.3) is 0 Å². The average Bonchev–Trinajstić information content (AvgIpc) is 2.92. The number of carboxylic acid groups (broad SMARTS) is 1. The minimum atomic E-state index is -1.15. The van der Waals surface area contributed by atoms with Gasteiger partial charge < -0.3 is 14.8 Å². The van der Waals surface area contributed by atoms with Crippen LogP contribution in [0.5, 0.6) is 0 Å². The van der Waals surface area contributed by atoms with Crippen LogP contribution in [0.3, 0.4) is 0 Å². The standard InChI is InChI=1S/C16H16FNO4/c1-3-9-5-6-10(7-12(9)17)18-15(19)14-8-11(16(20)21)13(4-2)22-14/h5-8H,3-4H2,1-2H3,(H,18,19)(H,20,21). The van der Waals surface area contributed by atoms with Gasteiger partial charge in [0.2, 0.25) is 0 Å². The summed E-state index contributed by atoms with van der Waals surface area (Å²) in [5.74, 6) is -2.07. The predicted octanol–water partition coefficient (Wildman–Crippen LogP) is 3.49. The molecule has 1 amide bonds. The van der Waals surface area contributed by atoms with Gasteiger partial charge in [-0.3, -0.25) is 4.79 Å². The molecule has 1 aromatic heterocycles. The molecule has 22 heavy (non-hydrogen) atoms. The van der Waals surface area contributed by atoms with Crippen molar-refractivity contribution >= 4 is 17.6 Å². The lowest BCUT2D eigenvalue weighted by atomic mass is 10.1. The van der Waals surface area contributed by atoms with Crippen LogP contribution in [0.15, 0.2) is 28.7 Å². The molecule has 0 saturated carbocycles. The van der Waals surface area contributed by atoms with Gasteiger partial charge in [0, 0.05) is 18.2 Å². The first kappa shape index (κ1) is 15.8. The Balaban J connectivity index is 2.22. The Morgan fingerprint density at radius 2 is 1.95 bits per heavy atom. The molecule has 0 unspecified atom stereocenters. The first-order valence-corrected chi connectivity index (χ1v) is 6.92. The van der Waals surface area contributed by atoms with E-state index < -0.39 is 17.7 Å². The van der Waals surface area contributed by atoms with Crippen molar-refractivity contribution in [3.63, 3.8) is 0 Å². The molecular formula is C16H16FNO4. The normalized spacial score (nSPS) is 10.5. The Hall–Kier alpha value is -2.63. The summed E-state index contributed by atoms with van der Waals surface area (Å²) in [6, 6.07) is 5.57. The number of carbonyl (C=O) groups excluding carboxylic acids is 1. The van der Waals surface area contributed by atoms with Crippen LogP contribution >= 0.6 is 0 Å². The van der Waals surface area contributed by atoms with E-state index in [1.54, 1.807) is 19.1 Å². The number of hydrogen-bond donors (Lipinski definition) is 2. The summed E-state index contributed by atoms with van der Waals surface area (Å²) in [7, 11) is 0. The molecule has 0 bridgehead atoms. The Morgan fingerprint density at radius 1 is 1.23 bits per heavy atom. The number of anilines is 1. The fourth-order valence-electron chi connectivity index (χ4n) is 2.09. The number of aromatic carboxylic acids is 1. The first-order chi connectivity index (χ1) is 10.5. The van der Waals surface area contributed by atoms with Gasteiger partial charge in [0.1, 0.15) is 17.1 Å². The number of rotatable bonds is 5. The van der Waals surface area contributed by atoms with Gasteiger partial charge in [0.05, 0.1) is 0 Å². The van der Waals surface area contributed by atoms with Crippen molar-refractivity contribution in [2.75, 3.05) is 5.32 Å². The maximum atomic E-state index is 13.7. The Kier molecular flexibility index (Phi) is 4.60. The molecule has 0 atom stereocenters. The topological polar surface area (TPSA) is 79.5 Å². The van der Waals surface area contributed by atoms with Gasteiger partial charge in [-0.15, -0.1) is 0 Å². The summed E-state index contributed by atoms with van der Waals surface area (Å²) in [6.07, 6.45) is 0.912. The fourth-order valence-corrected chi connectivity index (χ4v) is 2.09. The van der Waals surface area contributed by atoms with E-state index in [9.17, 15) is 14.0 Å². The predicted molar refractivity (Wildman–Crippen MR) is 78.8 cm³/mol. The Labute approximate surface area is 126 Å². The number of halogens is 1. The number of carboxylic acids is 1. The van der Waals surface area contributed by atoms with Gasteiger partial charge in [0.25, 0.3) is 5.91 Å². The average molecular weight is 305 g/mol. The van der Waals surface area contributed by atoms with Crippen molar-refractivity contribution in [3.8, 4) is 0 Å². The molecule has 2 rings (SSSR count). The van der Waals surface area contributed by atoms with Crippen LogP contribution in [-0.4, -0.2) is 17.0 Å². The van der Waals surface area contributed by atoms with E-state index in [0.717, 1.165) is 0 Å². The van der Waals surface area contributed by atoms with Crippen LogP contribution in [0.2, 0.25) is 0 Å². The van der Waals surface area contributed by atoms with E-state index in [1.807, 2.05) is 6.92 Å². The van der Waals surface area contributed by atoms with Gasteiger partial charge in [-0.2, -0.15) is 0 Å². The second kappa shape index (κ2) is 6.43. The Morgan fingerprint density at radius 3 is 2.45 bits per heavy atom. The molecule has 0 spiro atoms. The summed E-state index contributed by atoms with van der Waals surface area (Å²) < 4.78 is 18.9. The molecule has 0 fully saturated rings. The zero-order valence-electron chi connectivity index (χ0n) is 12.3. The lowest BCUT2D eigenvalue weighted by Crippen LogP contribution is -2.11. The zero-order chi connectivity index (χ0) is 16.3. The second-order valence-corrected chi connectivity index (χ2v) is 4.72. The van der Waals surface area contributed by atoms with E-state index in [0.29, 0.717) is 18.4 Å². The number of hydrogen-bond acceptors (Lipinski definition) is 3. The van der Waals surface area contributed by atoms with Crippen LogP contribution < -0.4 is 5.32 Å². The highest BCUT2D eigenvalue weighted by atomic mass is 19.1. The van der Waals surface area contributed by atoms with Crippen LogP contribution in [0, 0.1) is 5.82 Å². The first-order valence-electron chi connectivity index (χ1n) is 6.92. The highest BCUT2D eigenvalue weighted by Gasteiger charge is 2.20. The minimum absolute atomic E-state index is 0.0415.